The van der Waals surface area contributed by atoms with Crippen molar-refractivity contribution in [2.45, 2.75) is 25.8 Å². The first-order chi connectivity index (χ1) is 9.99. The molecular formula is C15H19ClF2N2O2. The first kappa shape index (κ1) is 18.5. The number of carbonyl (C=O) groups excluding carboxylic acids is 2. The van der Waals surface area contributed by atoms with Gasteiger partial charge >= 0.3 is 0 Å². The average molecular weight is 333 g/mol. The van der Waals surface area contributed by atoms with Crippen molar-refractivity contribution in [3.63, 3.8) is 0 Å². The van der Waals surface area contributed by atoms with E-state index in [-0.39, 0.29) is 48.5 Å². The number of Topliss-reactive ketones (excluding diaryl/α,β-unsaturated/α-hetero) is 1. The zero-order valence-electron chi connectivity index (χ0n) is 12.3. The lowest BCUT2D eigenvalue weighted by atomic mass is 10.1. The van der Waals surface area contributed by atoms with E-state index >= 15 is 0 Å². The summed E-state index contributed by atoms with van der Waals surface area (Å²) in [4.78, 5) is 25.7. The Balaban J connectivity index is 0.00000242. The van der Waals surface area contributed by atoms with Crippen LogP contribution in [-0.2, 0) is 4.79 Å². The normalized spacial score (nSPS) is 17.8. The maximum Gasteiger partial charge on any atom is 0.223 e. The molecule has 1 N–H and O–H groups in total. The predicted molar refractivity (Wildman–Crippen MR) is 81.2 cm³/mol. The third-order valence-electron chi connectivity index (χ3n) is 3.63. The highest BCUT2D eigenvalue weighted by atomic mass is 35.5. The number of rotatable bonds is 4. The molecule has 4 nitrogen and oxygen atoms in total. The Morgan fingerprint density at radius 2 is 2.00 bits per heavy atom. The summed E-state index contributed by atoms with van der Waals surface area (Å²) in [6.45, 7) is 4.05. The zero-order valence-corrected chi connectivity index (χ0v) is 13.1. The predicted octanol–water partition coefficient (Wildman–Crippen LogP) is 2.17. The number of halogens is 3. The summed E-state index contributed by atoms with van der Waals surface area (Å²) in [6.07, 6.45) is 0.0860. The van der Waals surface area contributed by atoms with Gasteiger partial charge in [-0.3, -0.25) is 9.59 Å². The third kappa shape index (κ3) is 4.48. The highest BCUT2D eigenvalue weighted by Crippen LogP contribution is 2.13. The average Bonchev–Trinajstić information content (AvgIpc) is 2.47. The molecule has 122 valence electrons. The second-order valence-corrected chi connectivity index (χ2v) is 5.19. The van der Waals surface area contributed by atoms with Crippen molar-refractivity contribution in [2.75, 3.05) is 19.6 Å². The van der Waals surface area contributed by atoms with Gasteiger partial charge in [-0.15, -0.1) is 12.4 Å². The van der Waals surface area contributed by atoms with Gasteiger partial charge in [0.05, 0.1) is 0 Å². The second-order valence-electron chi connectivity index (χ2n) is 5.19. The van der Waals surface area contributed by atoms with Gasteiger partial charge in [-0.1, -0.05) is 0 Å². The van der Waals surface area contributed by atoms with Crippen molar-refractivity contribution >= 4 is 24.1 Å². The molecule has 22 heavy (non-hydrogen) atoms. The molecule has 1 amide bonds. The van der Waals surface area contributed by atoms with E-state index < -0.39 is 11.6 Å². The van der Waals surface area contributed by atoms with Crippen molar-refractivity contribution in [3.05, 3.63) is 35.4 Å². The summed E-state index contributed by atoms with van der Waals surface area (Å²) >= 11 is 0. The number of hydrogen-bond donors (Lipinski definition) is 1. The summed E-state index contributed by atoms with van der Waals surface area (Å²) in [5.41, 5.74) is 0.0926. The van der Waals surface area contributed by atoms with Gasteiger partial charge in [0.2, 0.25) is 5.91 Å². The van der Waals surface area contributed by atoms with E-state index in [0.29, 0.717) is 6.54 Å². The fraction of sp³-hybridized carbons (Fsp3) is 0.467. The standard InChI is InChI=1S/C15H18F2N2O2.ClH/c1-10-9-18-6-7-19(10)15(21)5-4-14(20)11-2-3-12(16)13(17)8-11;/h2-3,8,10,18H,4-7,9H2,1H3;1H/t10-;/m0./s1. The number of hydrogen-bond acceptors (Lipinski definition) is 3. The van der Waals surface area contributed by atoms with E-state index in [9.17, 15) is 18.4 Å². The van der Waals surface area contributed by atoms with Crippen LogP contribution in [0.4, 0.5) is 8.78 Å². The van der Waals surface area contributed by atoms with Crippen molar-refractivity contribution in [2.24, 2.45) is 0 Å². The topological polar surface area (TPSA) is 49.4 Å². The molecule has 1 atom stereocenters. The van der Waals surface area contributed by atoms with Gasteiger partial charge in [-0.25, -0.2) is 8.78 Å². The van der Waals surface area contributed by atoms with Crippen LogP contribution in [0.25, 0.3) is 0 Å². The molecule has 0 radical (unpaired) electrons. The number of ketones is 1. The maximum absolute atomic E-state index is 13.1. The molecule has 0 bridgehead atoms. The third-order valence-corrected chi connectivity index (χ3v) is 3.63. The molecule has 2 rings (SSSR count). The zero-order chi connectivity index (χ0) is 15.4. The minimum absolute atomic E-state index is 0. The number of nitrogens with zero attached hydrogens (tertiary/aromatic N) is 1. The summed E-state index contributed by atoms with van der Waals surface area (Å²) < 4.78 is 25.9. The van der Waals surface area contributed by atoms with Crippen molar-refractivity contribution in [3.8, 4) is 0 Å². The number of benzene rings is 1. The molecule has 0 unspecified atom stereocenters. The number of carbonyl (C=O) groups is 2. The minimum Gasteiger partial charge on any atom is -0.337 e. The van der Waals surface area contributed by atoms with Gasteiger partial charge in [-0.2, -0.15) is 0 Å². The number of piperazine rings is 1. The Morgan fingerprint density at radius 1 is 1.27 bits per heavy atom. The summed E-state index contributed by atoms with van der Waals surface area (Å²) in [6, 6.07) is 3.13. The molecule has 0 saturated carbocycles. The summed E-state index contributed by atoms with van der Waals surface area (Å²) in [5, 5.41) is 3.18. The SMILES string of the molecule is C[C@H]1CNCCN1C(=O)CCC(=O)c1ccc(F)c(F)c1.Cl. The smallest absolute Gasteiger partial charge is 0.223 e. The summed E-state index contributed by atoms with van der Waals surface area (Å²) in [5.74, 6) is -2.48. The Hall–Kier alpha value is -1.53. The molecule has 1 aliphatic heterocycles. The Bertz CT molecular complexity index is 554. The van der Waals surface area contributed by atoms with E-state index in [0.717, 1.165) is 25.2 Å². The highest BCUT2D eigenvalue weighted by Gasteiger charge is 2.23. The van der Waals surface area contributed by atoms with Gasteiger partial charge in [0.1, 0.15) is 0 Å². The van der Waals surface area contributed by atoms with Crippen LogP contribution < -0.4 is 5.32 Å². The molecule has 1 saturated heterocycles. The van der Waals surface area contributed by atoms with Gasteiger partial charge in [0, 0.05) is 44.1 Å². The van der Waals surface area contributed by atoms with Crippen LogP contribution in [0.2, 0.25) is 0 Å². The van der Waals surface area contributed by atoms with E-state index in [2.05, 4.69) is 5.32 Å². The van der Waals surface area contributed by atoms with E-state index in [1.807, 2.05) is 6.92 Å². The van der Waals surface area contributed by atoms with Crippen LogP contribution >= 0.6 is 12.4 Å². The highest BCUT2D eigenvalue weighted by molar-refractivity contribution is 5.98. The van der Waals surface area contributed by atoms with E-state index in [1.165, 1.54) is 6.07 Å². The Labute approximate surface area is 134 Å². The number of nitrogens with one attached hydrogen (secondary N) is 1. The Morgan fingerprint density at radius 3 is 2.64 bits per heavy atom. The molecule has 1 aromatic rings. The van der Waals surface area contributed by atoms with E-state index in [1.54, 1.807) is 4.90 Å². The fourth-order valence-corrected chi connectivity index (χ4v) is 2.39. The van der Waals surface area contributed by atoms with Crippen LogP contribution in [0.15, 0.2) is 18.2 Å². The largest absolute Gasteiger partial charge is 0.337 e. The van der Waals surface area contributed by atoms with Crippen LogP contribution in [-0.4, -0.2) is 42.3 Å². The Kier molecular flexibility index (Phi) is 6.90. The molecule has 0 aliphatic carbocycles. The van der Waals surface area contributed by atoms with Crippen LogP contribution in [0.5, 0.6) is 0 Å². The van der Waals surface area contributed by atoms with Crippen LogP contribution in [0, 0.1) is 11.6 Å². The first-order valence-corrected chi connectivity index (χ1v) is 6.97. The lowest BCUT2D eigenvalue weighted by Gasteiger charge is -2.34. The molecule has 7 heteroatoms. The van der Waals surface area contributed by atoms with Crippen molar-refractivity contribution in [1.29, 1.82) is 0 Å². The van der Waals surface area contributed by atoms with Gasteiger partial charge in [-0.05, 0) is 25.1 Å². The molecule has 1 fully saturated rings. The molecule has 1 aliphatic rings. The molecule has 1 aromatic carbocycles. The van der Waals surface area contributed by atoms with Gasteiger partial charge in [0.15, 0.2) is 17.4 Å². The lowest BCUT2D eigenvalue weighted by molar-refractivity contribution is -0.133. The molecule has 0 aromatic heterocycles. The molecule has 0 spiro atoms. The van der Waals surface area contributed by atoms with Crippen LogP contribution in [0.1, 0.15) is 30.1 Å². The van der Waals surface area contributed by atoms with Crippen molar-refractivity contribution in [1.82, 2.24) is 10.2 Å². The minimum atomic E-state index is -1.05. The first-order valence-electron chi connectivity index (χ1n) is 6.97. The van der Waals surface area contributed by atoms with Crippen molar-refractivity contribution < 1.29 is 18.4 Å². The summed E-state index contributed by atoms with van der Waals surface area (Å²) in [7, 11) is 0. The quantitative estimate of drug-likeness (QED) is 0.860. The van der Waals surface area contributed by atoms with Gasteiger partial charge < -0.3 is 10.2 Å². The molecular weight excluding hydrogens is 314 g/mol. The monoisotopic (exact) mass is 332 g/mol. The second kappa shape index (κ2) is 8.19. The maximum atomic E-state index is 13.1. The van der Waals surface area contributed by atoms with E-state index in [4.69, 9.17) is 0 Å². The molecule has 1 heterocycles. The lowest BCUT2D eigenvalue weighted by Crippen LogP contribution is -2.52. The van der Waals surface area contributed by atoms with Crippen LogP contribution in [0.3, 0.4) is 0 Å². The number of amides is 1. The fourth-order valence-electron chi connectivity index (χ4n) is 2.39. The van der Waals surface area contributed by atoms with Gasteiger partial charge in [0.25, 0.3) is 0 Å².